The lowest BCUT2D eigenvalue weighted by atomic mass is 10.2. The van der Waals surface area contributed by atoms with Gasteiger partial charge in [-0.15, -0.1) is 11.3 Å². The van der Waals surface area contributed by atoms with Gasteiger partial charge in [0.2, 0.25) is 0 Å². The van der Waals surface area contributed by atoms with Crippen molar-refractivity contribution in [2.45, 2.75) is 19.6 Å². The standard InChI is InChI=1S/C15H18BrNOS/c1-12(15-6-3-9-19-15)17-7-8-18-11-13-4-2-5-14(16)10-13/h2-6,9-10,12,17H,7-8,11H2,1H3. The van der Waals surface area contributed by atoms with Crippen molar-refractivity contribution < 1.29 is 4.74 Å². The summed E-state index contributed by atoms with van der Waals surface area (Å²) in [5.41, 5.74) is 1.20. The first kappa shape index (κ1) is 14.7. The lowest BCUT2D eigenvalue weighted by Crippen LogP contribution is -2.22. The van der Waals surface area contributed by atoms with Crippen molar-refractivity contribution in [2.75, 3.05) is 13.2 Å². The zero-order valence-electron chi connectivity index (χ0n) is 10.9. The number of rotatable bonds is 7. The molecular formula is C15H18BrNOS. The molecule has 1 N–H and O–H groups in total. The lowest BCUT2D eigenvalue weighted by molar-refractivity contribution is 0.121. The molecule has 102 valence electrons. The third-order valence-corrected chi connectivity index (χ3v) is 4.37. The molecule has 0 saturated heterocycles. The smallest absolute Gasteiger partial charge is 0.0717 e. The molecule has 4 heteroatoms. The van der Waals surface area contributed by atoms with Gasteiger partial charge in [-0.25, -0.2) is 0 Å². The molecule has 1 heterocycles. The van der Waals surface area contributed by atoms with Crippen molar-refractivity contribution in [1.29, 1.82) is 0 Å². The highest BCUT2D eigenvalue weighted by Gasteiger charge is 2.04. The van der Waals surface area contributed by atoms with Crippen LogP contribution >= 0.6 is 27.3 Å². The van der Waals surface area contributed by atoms with Crippen molar-refractivity contribution in [3.8, 4) is 0 Å². The molecule has 19 heavy (non-hydrogen) atoms. The van der Waals surface area contributed by atoms with Crippen LogP contribution in [-0.2, 0) is 11.3 Å². The second-order valence-electron chi connectivity index (χ2n) is 4.37. The number of hydrogen-bond donors (Lipinski definition) is 1. The van der Waals surface area contributed by atoms with E-state index in [1.807, 2.05) is 12.1 Å². The quantitative estimate of drug-likeness (QED) is 0.756. The van der Waals surface area contributed by atoms with Gasteiger partial charge in [-0.2, -0.15) is 0 Å². The average Bonchev–Trinajstić information content (AvgIpc) is 2.92. The van der Waals surface area contributed by atoms with Gasteiger partial charge in [0.15, 0.2) is 0 Å². The SMILES string of the molecule is CC(NCCOCc1cccc(Br)c1)c1cccs1. The van der Waals surface area contributed by atoms with Gasteiger partial charge in [0, 0.05) is 21.9 Å². The minimum atomic E-state index is 0.398. The molecule has 1 atom stereocenters. The second-order valence-corrected chi connectivity index (χ2v) is 6.27. The van der Waals surface area contributed by atoms with E-state index >= 15 is 0 Å². The Morgan fingerprint density at radius 1 is 1.32 bits per heavy atom. The predicted octanol–water partition coefficient (Wildman–Crippen LogP) is 4.38. The summed E-state index contributed by atoms with van der Waals surface area (Å²) in [6.45, 7) is 4.43. The van der Waals surface area contributed by atoms with Crippen LogP contribution in [0.3, 0.4) is 0 Å². The number of halogens is 1. The minimum absolute atomic E-state index is 0.398. The van der Waals surface area contributed by atoms with E-state index in [9.17, 15) is 0 Å². The molecular weight excluding hydrogens is 322 g/mol. The third kappa shape index (κ3) is 5.07. The Morgan fingerprint density at radius 2 is 2.21 bits per heavy atom. The Bertz CT molecular complexity index is 487. The summed E-state index contributed by atoms with van der Waals surface area (Å²) in [7, 11) is 0. The molecule has 2 rings (SSSR count). The molecule has 0 radical (unpaired) electrons. The molecule has 0 aliphatic rings. The topological polar surface area (TPSA) is 21.3 Å². The molecule has 0 amide bonds. The number of thiophene rings is 1. The van der Waals surface area contributed by atoms with Gasteiger partial charge < -0.3 is 10.1 Å². The monoisotopic (exact) mass is 339 g/mol. The molecule has 0 aliphatic carbocycles. The summed E-state index contributed by atoms with van der Waals surface area (Å²) in [5.74, 6) is 0. The first-order chi connectivity index (χ1) is 9.25. The first-order valence-electron chi connectivity index (χ1n) is 6.34. The first-order valence-corrected chi connectivity index (χ1v) is 8.02. The summed E-state index contributed by atoms with van der Waals surface area (Å²) >= 11 is 5.24. The molecule has 0 bridgehead atoms. The summed E-state index contributed by atoms with van der Waals surface area (Å²) < 4.78 is 6.76. The van der Waals surface area contributed by atoms with Crippen LogP contribution in [0.2, 0.25) is 0 Å². The summed E-state index contributed by atoms with van der Waals surface area (Å²) in [6, 6.07) is 12.9. The molecule has 0 saturated carbocycles. The fourth-order valence-corrected chi connectivity index (χ4v) is 3.01. The maximum absolute atomic E-state index is 5.66. The minimum Gasteiger partial charge on any atom is -0.375 e. The van der Waals surface area contributed by atoms with Gasteiger partial charge >= 0.3 is 0 Å². The van der Waals surface area contributed by atoms with E-state index < -0.39 is 0 Å². The van der Waals surface area contributed by atoms with E-state index in [1.165, 1.54) is 10.4 Å². The van der Waals surface area contributed by atoms with Gasteiger partial charge in [-0.3, -0.25) is 0 Å². The summed E-state index contributed by atoms with van der Waals surface area (Å²) in [5, 5.41) is 5.57. The van der Waals surface area contributed by atoms with Gasteiger partial charge in [0.25, 0.3) is 0 Å². The maximum Gasteiger partial charge on any atom is 0.0717 e. The molecule has 1 aromatic heterocycles. The van der Waals surface area contributed by atoms with Gasteiger partial charge in [0.05, 0.1) is 13.2 Å². The Morgan fingerprint density at radius 3 is 2.95 bits per heavy atom. The van der Waals surface area contributed by atoms with Crippen LogP contribution in [0.5, 0.6) is 0 Å². The van der Waals surface area contributed by atoms with E-state index in [1.54, 1.807) is 11.3 Å². The van der Waals surface area contributed by atoms with E-state index in [0.717, 1.165) is 17.6 Å². The van der Waals surface area contributed by atoms with Crippen LogP contribution in [-0.4, -0.2) is 13.2 Å². The van der Waals surface area contributed by atoms with E-state index in [2.05, 4.69) is 57.8 Å². The molecule has 1 aromatic carbocycles. The highest BCUT2D eigenvalue weighted by atomic mass is 79.9. The summed E-state index contributed by atoms with van der Waals surface area (Å²) in [6.07, 6.45) is 0. The van der Waals surface area contributed by atoms with Crippen LogP contribution in [0.15, 0.2) is 46.3 Å². The van der Waals surface area contributed by atoms with Crippen molar-refractivity contribution >= 4 is 27.3 Å². The van der Waals surface area contributed by atoms with Gasteiger partial charge in [-0.1, -0.05) is 34.1 Å². The highest BCUT2D eigenvalue weighted by molar-refractivity contribution is 9.10. The van der Waals surface area contributed by atoms with Crippen LogP contribution in [0.4, 0.5) is 0 Å². The molecule has 2 aromatic rings. The predicted molar refractivity (Wildman–Crippen MR) is 84.5 cm³/mol. The second kappa shape index (κ2) is 7.80. The molecule has 0 aliphatic heterocycles. The van der Waals surface area contributed by atoms with Gasteiger partial charge in [-0.05, 0) is 36.1 Å². The van der Waals surface area contributed by atoms with Crippen molar-refractivity contribution in [3.05, 3.63) is 56.7 Å². The molecule has 2 nitrogen and oxygen atoms in total. The molecule has 0 fully saturated rings. The van der Waals surface area contributed by atoms with Crippen LogP contribution < -0.4 is 5.32 Å². The van der Waals surface area contributed by atoms with Gasteiger partial charge in [0.1, 0.15) is 0 Å². The Hall–Kier alpha value is -0.680. The zero-order valence-corrected chi connectivity index (χ0v) is 13.3. The Kier molecular flexibility index (Phi) is 6.04. The Labute approximate surface area is 126 Å². The van der Waals surface area contributed by atoms with E-state index in [-0.39, 0.29) is 0 Å². The number of ether oxygens (including phenoxy) is 1. The largest absolute Gasteiger partial charge is 0.375 e. The zero-order chi connectivity index (χ0) is 13.5. The number of hydrogen-bond acceptors (Lipinski definition) is 3. The Balaban J connectivity index is 1.62. The highest BCUT2D eigenvalue weighted by Crippen LogP contribution is 2.17. The van der Waals surface area contributed by atoms with Crippen LogP contribution in [0.1, 0.15) is 23.4 Å². The normalized spacial score (nSPS) is 12.5. The van der Waals surface area contributed by atoms with Crippen LogP contribution in [0, 0.1) is 0 Å². The average molecular weight is 340 g/mol. The fraction of sp³-hybridized carbons (Fsp3) is 0.333. The van der Waals surface area contributed by atoms with E-state index in [4.69, 9.17) is 4.74 Å². The van der Waals surface area contributed by atoms with Crippen molar-refractivity contribution in [3.63, 3.8) is 0 Å². The van der Waals surface area contributed by atoms with Crippen molar-refractivity contribution in [2.24, 2.45) is 0 Å². The lowest BCUT2D eigenvalue weighted by Gasteiger charge is -2.12. The van der Waals surface area contributed by atoms with E-state index in [0.29, 0.717) is 12.6 Å². The van der Waals surface area contributed by atoms with Crippen LogP contribution in [0.25, 0.3) is 0 Å². The number of benzene rings is 1. The maximum atomic E-state index is 5.66. The number of nitrogens with one attached hydrogen (secondary N) is 1. The third-order valence-electron chi connectivity index (χ3n) is 2.82. The fourth-order valence-electron chi connectivity index (χ4n) is 1.80. The molecule has 1 unspecified atom stereocenters. The molecule has 0 spiro atoms. The summed E-state index contributed by atoms with van der Waals surface area (Å²) in [4.78, 5) is 1.37. The van der Waals surface area contributed by atoms with Crippen molar-refractivity contribution in [1.82, 2.24) is 5.32 Å².